The van der Waals surface area contributed by atoms with Crippen LogP contribution in [0.25, 0.3) is 21.9 Å². The van der Waals surface area contributed by atoms with Gasteiger partial charge in [-0.15, -0.1) is 0 Å². The van der Waals surface area contributed by atoms with Gasteiger partial charge >= 0.3 is 5.69 Å². The van der Waals surface area contributed by atoms with Gasteiger partial charge in [0.05, 0.1) is 10.9 Å². The van der Waals surface area contributed by atoms with Gasteiger partial charge in [-0.05, 0) is 25.1 Å². The van der Waals surface area contributed by atoms with E-state index in [9.17, 15) is 9.59 Å². The second-order valence-corrected chi connectivity index (χ2v) is 3.99. The minimum absolute atomic E-state index is 0.315. The molecule has 2 aromatic heterocycles. The smallest absolute Gasteiger partial charge is 0.291 e. The van der Waals surface area contributed by atoms with Gasteiger partial charge in [0.2, 0.25) is 0 Å². The predicted octanol–water partition coefficient (Wildman–Crippen LogP) is 1.07. The molecule has 0 fully saturated rings. The number of aromatic nitrogens is 3. The topological polar surface area (TPSA) is 78.6 Å². The van der Waals surface area contributed by atoms with Crippen LogP contribution in [-0.2, 0) is 0 Å². The third kappa shape index (κ3) is 1.52. The van der Waals surface area contributed by atoms with Crippen LogP contribution in [0.15, 0.2) is 33.9 Å². The van der Waals surface area contributed by atoms with Gasteiger partial charge in [-0.2, -0.15) is 0 Å². The summed E-state index contributed by atoms with van der Waals surface area (Å²) in [5.74, 6) is 0. The summed E-state index contributed by atoms with van der Waals surface area (Å²) in [6.45, 7) is 1.97. The third-order valence-electron chi connectivity index (χ3n) is 2.67. The van der Waals surface area contributed by atoms with Gasteiger partial charge in [0, 0.05) is 5.39 Å². The number of hydrogen-bond acceptors (Lipinski definition) is 3. The first-order valence-corrected chi connectivity index (χ1v) is 5.17. The van der Waals surface area contributed by atoms with Crippen molar-refractivity contribution >= 4 is 21.9 Å². The van der Waals surface area contributed by atoms with Crippen molar-refractivity contribution in [3.63, 3.8) is 0 Å². The molecule has 5 nitrogen and oxygen atoms in total. The van der Waals surface area contributed by atoms with Crippen molar-refractivity contribution in [3.8, 4) is 0 Å². The standard InChI is InChI=1S/C12H9N3O2/c1-6-2-3-9-7(4-6)5-8-10(13-9)14-12(17)15-11(8)16/h2-5H,1H3,(H2,13,14,15,16,17). The highest BCUT2D eigenvalue weighted by molar-refractivity contribution is 5.90. The number of pyridine rings is 1. The SMILES string of the molecule is Cc1ccc2nc3[nH]c(=O)[nH]c(=O)c3cc2c1. The van der Waals surface area contributed by atoms with Gasteiger partial charge in [0.25, 0.3) is 5.56 Å². The highest BCUT2D eigenvalue weighted by atomic mass is 16.2. The molecule has 0 amide bonds. The van der Waals surface area contributed by atoms with E-state index in [1.165, 1.54) is 0 Å². The monoisotopic (exact) mass is 227 g/mol. The number of aryl methyl sites for hydroxylation is 1. The molecule has 84 valence electrons. The molecule has 1 aromatic carbocycles. The van der Waals surface area contributed by atoms with Crippen LogP contribution >= 0.6 is 0 Å². The van der Waals surface area contributed by atoms with Crippen molar-refractivity contribution in [2.24, 2.45) is 0 Å². The van der Waals surface area contributed by atoms with Crippen LogP contribution in [0.1, 0.15) is 5.56 Å². The highest BCUT2D eigenvalue weighted by Crippen LogP contribution is 2.16. The Hall–Kier alpha value is -2.43. The van der Waals surface area contributed by atoms with Crippen LogP contribution in [0.3, 0.4) is 0 Å². The molecule has 2 N–H and O–H groups in total. The largest absolute Gasteiger partial charge is 0.327 e. The maximum atomic E-state index is 11.6. The molecule has 0 radical (unpaired) electrons. The fourth-order valence-corrected chi connectivity index (χ4v) is 1.87. The van der Waals surface area contributed by atoms with Crippen molar-refractivity contribution in [2.75, 3.05) is 0 Å². The molecule has 3 aromatic rings. The molecule has 2 heterocycles. The molecule has 5 heteroatoms. The number of benzene rings is 1. The van der Waals surface area contributed by atoms with Crippen molar-refractivity contribution in [1.29, 1.82) is 0 Å². The molecular weight excluding hydrogens is 218 g/mol. The maximum Gasteiger partial charge on any atom is 0.327 e. The lowest BCUT2D eigenvalue weighted by Crippen LogP contribution is -2.22. The van der Waals surface area contributed by atoms with Gasteiger partial charge in [0.15, 0.2) is 0 Å². The number of aromatic amines is 2. The summed E-state index contributed by atoms with van der Waals surface area (Å²) in [7, 11) is 0. The molecule has 0 aliphatic carbocycles. The predicted molar refractivity (Wildman–Crippen MR) is 65.2 cm³/mol. The molecule has 0 saturated carbocycles. The van der Waals surface area contributed by atoms with Crippen LogP contribution in [0.4, 0.5) is 0 Å². The summed E-state index contributed by atoms with van der Waals surface area (Å²) in [4.78, 5) is 31.7. The summed E-state index contributed by atoms with van der Waals surface area (Å²) in [6, 6.07) is 7.49. The quantitative estimate of drug-likeness (QED) is 0.564. The summed E-state index contributed by atoms with van der Waals surface area (Å²) in [5.41, 5.74) is 1.21. The molecule has 0 aliphatic heterocycles. The zero-order valence-electron chi connectivity index (χ0n) is 9.07. The molecule has 0 aliphatic rings. The lowest BCUT2D eigenvalue weighted by Gasteiger charge is -2.01. The Bertz CT molecular complexity index is 846. The molecule has 0 spiro atoms. The van der Waals surface area contributed by atoms with Gasteiger partial charge in [0.1, 0.15) is 5.65 Å². The van der Waals surface area contributed by atoms with Crippen molar-refractivity contribution < 1.29 is 0 Å². The van der Waals surface area contributed by atoms with Crippen molar-refractivity contribution in [1.82, 2.24) is 15.0 Å². The van der Waals surface area contributed by atoms with Gasteiger partial charge in [-0.25, -0.2) is 9.78 Å². The zero-order chi connectivity index (χ0) is 12.0. The zero-order valence-corrected chi connectivity index (χ0v) is 9.07. The molecule has 17 heavy (non-hydrogen) atoms. The van der Waals surface area contributed by atoms with E-state index in [0.717, 1.165) is 16.5 Å². The van der Waals surface area contributed by atoms with E-state index < -0.39 is 11.2 Å². The van der Waals surface area contributed by atoms with Crippen LogP contribution in [0, 0.1) is 6.92 Å². The summed E-state index contributed by atoms with van der Waals surface area (Å²) < 4.78 is 0. The Morgan fingerprint density at radius 2 is 1.94 bits per heavy atom. The molecule has 3 rings (SSSR count). The highest BCUT2D eigenvalue weighted by Gasteiger charge is 2.04. The first-order valence-electron chi connectivity index (χ1n) is 5.17. The second-order valence-electron chi connectivity index (χ2n) is 3.99. The first kappa shape index (κ1) is 9.77. The van der Waals surface area contributed by atoms with Crippen LogP contribution < -0.4 is 11.2 Å². The number of rotatable bonds is 0. The van der Waals surface area contributed by atoms with Gasteiger partial charge in [-0.1, -0.05) is 11.6 Å². The van der Waals surface area contributed by atoms with E-state index in [0.29, 0.717) is 11.0 Å². The normalized spacial score (nSPS) is 11.1. The maximum absolute atomic E-state index is 11.6. The fourth-order valence-electron chi connectivity index (χ4n) is 1.87. The number of hydrogen-bond donors (Lipinski definition) is 2. The first-order chi connectivity index (χ1) is 8.13. The van der Waals surface area contributed by atoms with Gasteiger partial charge in [-0.3, -0.25) is 14.8 Å². The van der Waals surface area contributed by atoms with Crippen LogP contribution in [0.5, 0.6) is 0 Å². The lowest BCUT2D eigenvalue weighted by molar-refractivity contribution is 1.07. The van der Waals surface area contributed by atoms with E-state index in [4.69, 9.17) is 0 Å². The van der Waals surface area contributed by atoms with Crippen LogP contribution in [-0.4, -0.2) is 15.0 Å². The third-order valence-corrected chi connectivity index (χ3v) is 2.67. The average molecular weight is 227 g/mol. The molecule has 0 saturated heterocycles. The summed E-state index contributed by atoms with van der Waals surface area (Å²) in [5, 5.41) is 1.28. The van der Waals surface area contributed by atoms with E-state index in [-0.39, 0.29) is 0 Å². The average Bonchev–Trinajstić information content (AvgIpc) is 2.27. The Morgan fingerprint density at radius 3 is 2.76 bits per heavy atom. The lowest BCUT2D eigenvalue weighted by atomic mass is 10.1. The molecular formula is C12H9N3O2. The van der Waals surface area contributed by atoms with E-state index in [1.54, 1.807) is 6.07 Å². The van der Waals surface area contributed by atoms with Crippen molar-refractivity contribution in [2.45, 2.75) is 6.92 Å². The summed E-state index contributed by atoms with van der Waals surface area (Å²) >= 11 is 0. The second kappa shape index (κ2) is 3.28. The van der Waals surface area contributed by atoms with E-state index >= 15 is 0 Å². The molecule has 0 atom stereocenters. The fraction of sp³-hybridized carbons (Fsp3) is 0.0833. The number of fused-ring (bicyclic) bond motifs is 2. The molecule has 0 bridgehead atoms. The number of nitrogens with zero attached hydrogens (tertiary/aromatic N) is 1. The minimum Gasteiger partial charge on any atom is -0.291 e. The summed E-state index contributed by atoms with van der Waals surface area (Å²) in [6.07, 6.45) is 0. The Labute approximate surface area is 95.1 Å². The Morgan fingerprint density at radius 1 is 1.12 bits per heavy atom. The Kier molecular flexibility index (Phi) is 1.89. The van der Waals surface area contributed by atoms with Crippen LogP contribution in [0.2, 0.25) is 0 Å². The van der Waals surface area contributed by atoms with Crippen molar-refractivity contribution in [3.05, 3.63) is 50.7 Å². The number of H-pyrrole nitrogens is 2. The molecule has 0 unspecified atom stereocenters. The van der Waals surface area contributed by atoms with E-state index in [1.807, 2.05) is 25.1 Å². The Balaban J connectivity index is 2.56. The van der Waals surface area contributed by atoms with E-state index in [2.05, 4.69) is 15.0 Å². The minimum atomic E-state index is -0.540. The van der Waals surface area contributed by atoms with Gasteiger partial charge < -0.3 is 0 Å². The number of nitrogens with one attached hydrogen (secondary N) is 2.